The van der Waals surface area contributed by atoms with E-state index in [1.54, 1.807) is 0 Å². The number of rotatable bonds is 6. The van der Waals surface area contributed by atoms with E-state index < -0.39 is 26.6 Å². The van der Waals surface area contributed by atoms with Gasteiger partial charge < -0.3 is 11.1 Å². The molecule has 0 fully saturated rings. The van der Waals surface area contributed by atoms with E-state index in [4.69, 9.17) is 11.1 Å². The predicted octanol–water partition coefficient (Wildman–Crippen LogP) is 1.24. The second kappa shape index (κ2) is 6.53. The normalized spacial score (nSPS) is 12.6. The van der Waals surface area contributed by atoms with Crippen molar-refractivity contribution in [3.63, 3.8) is 0 Å². The van der Waals surface area contributed by atoms with E-state index in [9.17, 15) is 0 Å². The summed E-state index contributed by atoms with van der Waals surface area (Å²) < 4.78 is 17.1. The van der Waals surface area contributed by atoms with Gasteiger partial charge in [0, 0.05) is 0 Å². The summed E-state index contributed by atoms with van der Waals surface area (Å²) in [5.41, 5.74) is 0. The minimum atomic E-state index is -1.84. The van der Waals surface area contributed by atoms with E-state index in [0.29, 0.717) is 0 Å². The van der Waals surface area contributed by atoms with Crippen LogP contribution in [0.4, 0.5) is 0 Å². The Bertz CT molecular complexity index is 143. The lowest BCUT2D eigenvalue weighted by molar-refractivity contribution is 0.379. The molecule has 0 aromatic heterocycles. The molecule has 0 aliphatic heterocycles. The van der Waals surface area contributed by atoms with Gasteiger partial charge in [-0.2, -0.15) is 0 Å². The molecule has 0 amide bonds. The summed E-state index contributed by atoms with van der Waals surface area (Å²) in [7, 11) is -3.70. The fourth-order valence-electron chi connectivity index (χ4n) is 0.850. The number of hydrogen-bond acceptors (Lipinski definition) is 3. The minimum absolute atomic E-state index is 0.289. The molecule has 0 saturated heterocycles. The molecule has 0 atom stereocenters. The van der Waals surface area contributed by atoms with Crippen LogP contribution >= 0.6 is 0 Å². The second-order valence-corrected chi connectivity index (χ2v) is 14.1. The molecule has 0 rings (SSSR count). The summed E-state index contributed by atoms with van der Waals surface area (Å²) in [5, 5.41) is 0. The molecule has 0 bridgehead atoms. The number of hydrogen-bond donors (Lipinski definition) is 0. The Kier molecular flexibility index (Phi) is 7.06. The van der Waals surface area contributed by atoms with E-state index in [1.807, 2.05) is 0 Å². The Hall–Kier alpha value is 1.06. The van der Waals surface area contributed by atoms with Crippen molar-refractivity contribution >= 4 is 42.5 Å². The molecule has 0 heterocycles. The summed E-state index contributed by atoms with van der Waals surface area (Å²) >= 11 is -0.289. The fourth-order valence-corrected chi connectivity index (χ4v) is 8.65. The monoisotopic (exact) mass is 251 g/mol. The molecule has 7 heteroatoms. The van der Waals surface area contributed by atoms with Crippen LogP contribution < -0.4 is 0 Å². The highest BCUT2D eigenvalue weighted by atomic mass is 28.4. The van der Waals surface area contributed by atoms with Crippen molar-refractivity contribution in [2.75, 3.05) is 0 Å². The minimum Gasteiger partial charge on any atom is -0.531 e. The maximum absolute atomic E-state index is 5.83. The maximum Gasteiger partial charge on any atom is 0.646 e. The van der Waals surface area contributed by atoms with Gasteiger partial charge in [0.15, 0.2) is 9.04 Å². The zero-order valence-corrected chi connectivity index (χ0v) is 13.9. The van der Waals surface area contributed by atoms with Gasteiger partial charge in [-0.15, -0.1) is 0 Å². The van der Waals surface area contributed by atoms with Gasteiger partial charge in [0.25, 0.3) is 8.56 Å². The molecule has 13 heavy (non-hydrogen) atoms. The highest BCUT2D eigenvalue weighted by Crippen LogP contribution is 2.07. The molecule has 0 aromatic rings. The van der Waals surface area contributed by atoms with Crippen LogP contribution in [-0.2, 0) is 11.1 Å². The zero-order valence-electron chi connectivity index (χ0n) is 9.46. The van der Waals surface area contributed by atoms with Crippen LogP contribution in [0.25, 0.3) is 0 Å². The van der Waals surface area contributed by atoms with Gasteiger partial charge in [-0.1, -0.05) is 13.1 Å². The quantitative estimate of drug-likeness (QED) is 0.665. The lowest BCUT2D eigenvalue weighted by atomic mass is 11.9. The Morgan fingerprint density at radius 2 is 1.54 bits per heavy atom. The van der Waals surface area contributed by atoms with Gasteiger partial charge in [-0.3, -0.25) is 0 Å². The van der Waals surface area contributed by atoms with Crippen LogP contribution in [0.3, 0.4) is 0 Å². The average molecular weight is 251 g/mol. The van der Waals surface area contributed by atoms with Crippen molar-refractivity contribution < 1.29 is 11.1 Å². The lowest BCUT2D eigenvalue weighted by Gasteiger charge is -2.26. The summed E-state index contributed by atoms with van der Waals surface area (Å²) in [4.78, 5) is 0. The third-order valence-corrected chi connectivity index (χ3v) is 10.6. The van der Waals surface area contributed by atoms with Crippen molar-refractivity contribution in [3.05, 3.63) is 0 Å². The molecule has 0 spiro atoms. The van der Waals surface area contributed by atoms with Gasteiger partial charge in [-0.25, -0.2) is 0 Å². The van der Waals surface area contributed by atoms with Gasteiger partial charge in [0.05, 0.1) is 0 Å². The van der Waals surface area contributed by atoms with Crippen molar-refractivity contribution in [3.8, 4) is 0 Å². The predicted molar refractivity (Wildman–Crippen MR) is 64.2 cm³/mol. The van der Waals surface area contributed by atoms with Crippen molar-refractivity contribution in [1.82, 2.24) is 0 Å². The largest absolute Gasteiger partial charge is 0.646 e. The molecular formula is C6H20AlO3Si3. The third-order valence-electron chi connectivity index (χ3n) is 1.18. The van der Waals surface area contributed by atoms with E-state index in [-0.39, 0.29) is 15.9 Å². The van der Waals surface area contributed by atoms with E-state index in [0.717, 1.165) is 0 Å². The van der Waals surface area contributed by atoms with Crippen molar-refractivity contribution in [1.29, 1.82) is 0 Å². The molecule has 0 unspecified atom stereocenters. The molecule has 0 N–H and O–H groups in total. The van der Waals surface area contributed by atoms with Crippen LogP contribution in [0.15, 0.2) is 0 Å². The second-order valence-electron chi connectivity index (χ2n) is 3.97. The Labute approximate surface area is 92.9 Å². The van der Waals surface area contributed by atoms with Crippen LogP contribution in [0.5, 0.6) is 0 Å². The smallest absolute Gasteiger partial charge is 0.531 e. The first-order valence-electron chi connectivity index (χ1n) is 4.66. The molecule has 0 aromatic carbocycles. The summed E-state index contributed by atoms with van der Waals surface area (Å²) in [5.74, 6) is 0. The topological polar surface area (TPSA) is 27.7 Å². The first kappa shape index (κ1) is 14.1. The van der Waals surface area contributed by atoms with Crippen LogP contribution in [0, 0.1) is 0 Å². The summed E-state index contributed by atoms with van der Waals surface area (Å²) in [6.45, 7) is 12.8. The standard InChI is InChI=1S/C4H13O2Si2.C2H7OSi.Al/c1-7(2)6-8(3,4)5;1-4(2)3;/h7H,1-4H3;4H,1-2H3;/q2*-1;+2. The molecule has 1 radical (unpaired) electrons. The average Bonchev–Trinajstić information content (AvgIpc) is 1.81. The first-order chi connectivity index (χ1) is 5.83. The SMILES string of the molecule is C[SiH](C)[O][Al][O][Si](C)(C)O[SiH](C)C. The summed E-state index contributed by atoms with van der Waals surface area (Å²) in [6.07, 6.45) is 0. The highest BCUT2D eigenvalue weighted by Gasteiger charge is 2.26. The van der Waals surface area contributed by atoms with Crippen LogP contribution in [0.2, 0.25) is 39.3 Å². The Morgan fingerprint density at radius 3 is 1.92 bits per heavy atom. The molecule has 0 aliphatic carbocycles. The van der Waals surface area contributed by atoms with E-state index >= 15 is 0 Å². The maximum atomic E-state index is 5.83. The molecule has 77 valence electrons. The van der Waals surface area contributed by atoms with Crippen molar-refractivity contribution in [2.24, 2.45) is 0 Å². The lowest BCUT2D eigenvalue weighted by Crippen LogP contribution is -2.41. The molecule has 0 saturated carbocycles. The summed E-state index contributed by atoms with van der Waals surface area (Å²) in [6, 6.07) is 0. The van der Waals surface area contributed by atoms with Gasteiger partial charge in [-0.05, 0) is 26.2 Å². The first-order valence-corrected chi connectivity index (χ1v) is 14.0. The molecular weight excluding hydrogens is 231 g/mol. The van der Waals surface area contributed by atoms with Gasteiger partial charge in [0.2, 0.25) is 0 Å². The molecule has 0 aliphatic rings. The van der Waals surface area contributed by atoms with Crippen LogP contribution in [-0.4, -0.2) is 42.5 Å². The zero-order chi connectivity index (χ0) is 10.5. The highest BCUT2D eigenvalue weighted by molar-refractivity contribution is 6.76. The van der Waals surface area contributed by atoms with Crippen molar-refractivity contribution in [2.45, 2.75) is 39.3 Å². The van der Waals surface area contributed by atoms with Gasteiger partial charge in [0.1, 0.15) is 9.04 Å². The Balaban J connectivity index is 3.62. The van der Waals surface area contributed by atoms with Gasteiger partial charge >= 0.3 is 15.9 Å². The third kappa shape index (κ3) is 9.37. The molecule has 3 nitrogen and oxygen atoms in total. The van der Waals surface area contributed by atoms with E-state index in [1.165, 1.54) is 0 Å². The van der Waals surface area contributed by atoms with E-state index in [2.05, 4.69) is 39.3 Å². The van der Waals surface area contributed by atoms with Crippen LogP contribution in [0.1, 0.15) is 0 Å². The Morgan fingerprint density at radius 1 is 1.00 bits per heavy atom. The fraction of sp³-hybridized carbons (Fsp3) is 1.00.